The molecule has 0 aliphatic heterocycles. The van der Waals surface area contributed by atoms with Crippen LogP contribution in [0, 0.1) is 11.8 Å². The van der Waals surface area contributed by atoms with Crippen LogP contribution in [0.3, 0.4) is 0 Å². The highest BCUT2D eigenvalue weighted by molar-refractivity contribution is 5.96. The molecule has 2 rings (SSSR count). The first kappa shape index (κ1) is 18.7. The molecule has 0 spiro atoms. The lowest BCUT2D eigenvalue weighted by Gasteiger charge is -2.27. The number of hydrogen-bond donors (Lipinski definition) is 1. The molecule has 0 saturated heterocycles. The molecular formula is C19H22NO5-. The van der Waals surface area contributed by atoms with Crippen molar-refractivity contribution >= 4 is 23.5 Å². The van der Waals surface area contributed by atoms with Crippen molar-refractivity contribution in [2.24, 2.45) is 11.8 Å². The van der Waals surface area contributed by atoms with Gasteiger partial charge in [0.25, 0.3) is 0 Å². The van der Waals surface area contributed by atoms with E-state index in [4.69, 9.17) is 4.74 Å². The molecule has 1 aromatic carbocycles. The van der Waals surface area contributed by atoms with E-state index in [9.17, 15) is 19.5 Å². The maximum atomic E-state index is 12.6. The van der Waals surface area contributed by atoms with Crippen molar-refractivity contribution in [3.63, 3.8) is 0 Å². The Bertz CT molecular complexity index is 665. The maximum absolute atomic E-state index is 12.6. The van der Waals surface area contributed by atoms with Gasteiger partial charge < -0.3 is 20.0 Å². The highest BCUT2D eigenvalue weighted by Gasteiger charge is 2.35. The third kappa shape index (κ3) is 4.92. The number of carboxylic acid groups (broad SMARTS) is 1. The molecule has 0 radical (unpaired) electrons. The minimum absolute atomic E-state index is 0.0357. The van der Waals surface area contributed by atoms with Crippen molar-refractivity contribution < 1.29 is 24.2 Å². The quantitative estimate of drug-likeness (QED) is 0.628. The summed E-state index contributed by atoms with van der Waals surface area (Å²) in [6.45, 7) is 3.75. The largest absolute Gasteiger partial charge is 0.545 e. The Labute approximate surface area is 146 Å². The van der Waals surface area contributed by atoms with Crippen molar-refractivity contribution in [1.29, 1.82) is 0 Å². The zero-order valence-electron chi connectivity index (χ0n) is 14.4. The zero-order chi connectivity index (χ0) is 18.4. The fourth-order valence-corrected chi connectivity index (χ4v) is 2.66. The molecule has 1 N–H and O–H groups in total. The van der Waals surface area contributed by atoms with Crippen LogP contribution in [0.5, 0.6) is 0 Å². The van der Waals surface area contributed by atoms with Gasteiger partial charge >= 0.3 is 5.97 Å². The molecule has 6 heteroatoms. The van der Waals surface area contributed by atoms with Crippen molar-refractivity contribution in [1.82, 2.24) is 0 Å². The molecule has 1 amide bonds. The highest BCUT2D eigenvalue weighted by atomic mass is 16.5. The summed E-state index contributed by atoms with van der Waals surface area (Å²) in [6.07, 6.45) is 5.24. The summed E-state index contributed by atoms with van der Waals surface area (Å²) in [7, 11) is 0. The third-order valence-electron chi connectivity index (χ3n) is 4.35. The van der Waals surface area contributed by atoms with Gasteiger partial charge in [0.2, 0.25) is 5.91 Å². The van der Waals surface area contributed by atoms with Gasteiger partial charge in [-0.25, -0.2) is 0 Å². The van der Waals surface area contributed by atoms with E-state index < -0.39 is 17.8 Å². The number of ether oxygens (including phenoxy) is 1. The molecule has 0 aromatic heterocycles. The molecule has 25 heavy (non-hydrogen) atoms. The van der Waals surface area contributed by atoms with Crippen LogP contribution in [0.2, 0.25) is 0 Å². The Kier molecular flexibility index (Phi) is 6.33. The van der Waals surface area contributed by atoms with Crippen LogP contribution < -0.4 is 10.4 Å². The van der Waals surface area contributed by atoms with Crippen LogP contribution in [-0.4, -0.2) is 23.9 Å². The summed E-state index contributed by atoms with van der Waals surface area (Å²) >= 11 is 0. The van der Waals surface area contributed by atoms with E-state index in [1.54, 1.807) is 0 Å². The van der Waals surface area contributed by atoms with E-state index >= 15 is 0 Å². The number of hydrogen-bond acceptors (Lipinski definition) is 5. The van der Waals surface area contributed by atoms with Crippen LogP contribution >= 0.6 is 0 Å². The van der Waals surface area contributed by atoms with Crippen LogP contribution in [0.4, 0.5) is 5.69 Å². The summed E-state index contributed by atoms with van der Waals surface area (Å²) in [5.74, 6) is -2.94. The number of rotatable bonds is 6. The molecule has 0 unspecified atom stereocenters. The number of aromatic carboxylic acids is 1. The number of amides is 1. The van der Waals surface area contributed by atoms with E-state index in [2.05, 4.69) is 5.32 Å². The number of allylic oxidation sites excluding steroid dienone is 2. The van der Waals surface area contributed by atoms with Crippen molar-refractivity contribution in [2.45, 2.75) is 39.2 Å². The maximum Gasteiger partial charge on any atom is 0.310 e. The number of esters is 1. The first-order chi connectivity index (χ1) is 11.9. The average Bonchev–Trinajstić information content (AvgIpc) is 2.61. The lowest BCUT2D eigenvalue weighted by atomic mass is 9.82. The second-order valence-electron chi connectivity index (χ2n) is 6.17. The summed E-state index contributed by atoms with van der Waals surface area (Å²) in [6, 6.07) is 5.71. The van der Waals surface area contributed by atoms with Crippen LogP contribution in [0.25, 0.3) is 0 Å². The topological polar surface area (TPSA) is 95.5 Å². The molecule has 1 aromatic rings. The highest BCUT2D eigenvalue weighted by Crippen LogP contribution is 2.28. The molecule has 0 saturated carbocycles. The summed E-state index contributed by atoms with van der Waals surface area (Å²) in [4.78, 5) is 35.7. The van der Waals surface area contributed by atoms with Crippen molar-refractivity contribution in [3.8, 4) is 0 Å². The van der Waals surface area contributed by atoms with Gasteiger partial charge in [-0.2, -0.15) is 0 Å². The lowest BCUT2D eigenvalue weighted by Crippen LogP contribution is -2.36. The molecule has 0 fully saturated rings. The first-order valence-electron chi connectivity index (χ1n) is 8.40. The van der Waals surface area contributed by atoms with Crippen molar-refractivity contribution in [2.75, 3.05) is 5.32 Å². The second kappa shape index (κ2) is 8.46. The Balaban J connectivity index is 2.06. The van der Waals surface area contributed by atoms with Gasteiger partial charge in [-0.3, -0.25) is 9.59 Å². The number of anilines is 1. The number of carbonyl (C=O) groups excluding carboxylic acids is 3. The number of nitrogens with one attached hydrogen (secondary N) is 1. The summed E-state index contributed by atoms with van der Waals surface area (Å²) in [5, 5.41) is 13.5. The third-order valence-corrected chi connectivity index (χ3v) is 4.35. The lowest BCUT2D eigenvalue weighted by molar-refractivity contribution is -0.255. The normalized spacial score (nSPS) is 20.6. The summed E-state index contributed by atoms with van der Waals surface area (Å²) < 4.78 is 5.39. The Morgan fingerprint density at radius 1 is 1.16 bits per heavy atom. The van der Waals surface area contributed by atoms with E-state index in [0.717, 1.165) is 6.42 Å². The van der Waals surface area contributed by atoms with Crippen molar-refractivity contribution in [3.05, 3.63) is 42.0 Å². The Morgan fingerprint density at radius 3 is 2.32 bits per heavy atom. The van der Waals surface area contributed by atoms with Gasteiger partial charge in [0.1, 0.15) is 0 Å². The predicted molar refractivity (Wildman–Crippen MR) is 90.6 cm³/mol. The first-order valence-corrected chi connectivity index (χ1v) is 8.40. The molecule has 0 bridgehead atoms. The van der Waals surface area contributed by atoms with Gasteiger partial charge in [-0.15, -0.1) is 0 Å². The van der Waals surface area contributed by atoms with E-state index in [1.807, 2.05) is 26.0 Å². The molecule has 1 aliphatic rings. The van der Waals surface area contributed by atoms with Gasteiger partial charge in [-0.05, 0) is 43.9 Å². The molecule has 6 nitrogen and oxygen atoms in total. The van der Waals surface area contributed by atoms with E-state index in [-0.39, 0.29) is 23.5 Å². The molecular weight excluding hydrogens is 322 g/mol. The van der Waals surface area contributed by atoms with Gasteiger partial charge in [0.05, 0.1) is 23.9 Å². The van der Waals surface area contributed by atoms with E-state index in [0.29, 0.717) is 18.5 Å². The van der Waals surface area contributed by atoms with Gasteiger partial charge in [0.15, 0.2) is 0 Å². The Hall–Kier alpha value is -2.63. The molecule has 1 aliphatic carbocycles. The fraction of sp³-hybridized carbons (Fsp3) is 0.421. The number of benzene rings is 1. The van der Waals surface area contributed by atoms with Crippen LogP contribution in [-0.2, 0) is 14.3 Å². The zero-order valence-corrected chi connectivity index (χ0v) is 14.4. The van der Waals surface area contributed by atoms with Crippen LogP contribution in [0.1, 0.15) is 43.5 Å². The molecule has 0 heterocycles. The SMILES string of the molecule is CC[C@H](C)OC(=O)[C@@H]1CC=CC[C@H]1C(=O)Nc1ccc(C(=O)[O-])cc1. The minimum atomic E-state index is -1.27. The number of carbonyl (C=O) groups is 3. The fourth-order valence-electron chi connectivity index (χ4n) is 2.66. The average molecular weight is 344 g/mol. The van der Waals surface area contributed by atoms with E-state index in [1.165, 1.54) is 24.3 Å². The van der Waals surface area contributed by atoms with Gasteiger partial charge in [0, 0.05) is 5.69 Å². The Morgan fingerprint density at radius 2 is 1.76 bits per heavy atom. The predicted octanol–water partition coefficient (Wildman–Crippen LogP) is 1.91. The smallest absolute Gasteiger partial charge is 0.310 e. The second-order valence-corrected chi connectivity index (χ2v) is 6.17. The van der Waals surface area contributed by atoms with Crippen LogP contribution in [0.15, 0.2) is 36.4 Å². The van der Waals surface area contributed by atoms with Gasteiger partial charge in [-0.1, -0.05) is 31.2 Å². The molecule has 3 atom stereocenters. The standard InChI is InChI=1S/C19H23NO5/c1-3-12(2)25-19(24)16-7-5-4-6-15(16)17(21)20-14-10-8-13(9-11-14)18(22)23/h4-5,8-12,15-16H,3,6-7H2,1-2H3,(H,20,21)(H,22,23)/p-1/t12-,15+,16+/m0/s1. The number of carboxylic acids is 1. The summed E-state index contributed by atoms with van der Waals surface area (Å²) in [5.41, 5.74) is 0.507. The minimum Gasteiger partial charge on any atom is -0.545 e. The monoisotopic (exact) mass is 344 g/mol. The molecule has 134 valence electrons.